The van der Waals surface area contributed by atoms with Crippen LogP contribution in [0.1, 0.15) is 72.9 Å². The van der Waals surface area contributed by atoms with Crippen LogP contribution >= 0.6 is 0 Å². The normalized spacial score (nSPS) is 14.3. The van der Waals surface area contributed by atoms with Crippen LogP contribution in [0.5, 0.6) is 5.75 Å². The summed E-state index contributed by atoms with van der Waals surface area (Å²) >= 11 is 0. The molecule has 0 heterocycles. The third kappa shape index (κ3) is 4.56. The number of hydrogen-bond donors (Lipinski definition) is 0. The van der Waals surface area contributed by atoms with Gasteiger partial charge in [-0.1, -0.05) is 54.5 Å². The van der Waals surface area contributed by atoms with Gasteiger partial charge in [-0.2, -0.15) is 0 Å². The van der Waals surface area contributed by atoms with E-state index in [1.165, 1.54) is 11.1 Å². The van der Waals surface area contributed by atoms with Gasteiger partial charge in [-0.05, 0) is 47.4 Å². The summed E-state index contributed by atoms with van der Waals surface area (Å²) in [6.45, 7) is 17.8. The molecule has 0 N–H and O–H groups in total. The van der Waals surface area contributed by atoms with E-state index in [1.54, 1.807) is 0 Å². The van der Waals surface area contributed by atoms with Gasteiger partial charge in [-0.25, -0.2) is 0 Å². The quantitative estimate of drug-likeness (QED) is 0.703. The van der Waals surface area contributed by atoms with E-state index in [1.807, 2.05) is 0 Å². The van der Waals surface area contributed by atoms with E-state index in [0.717, 1.165) is 12.2 Å². The van der Waals surface area contributed by atoms with Crippen LogP contribution in [0.25, 0.3) is 0 Å². The lowest BCUT2D eigenvalue weighted by Crippen LogP contribution is -2.18. The Bertz CT molecular complexity index is 386. The summed E-state index contributed by atoms with van der Waals surface area (Å²) in [6.07, 6.45) is 1.30. The molecule has 0 aliphatic rings. The molecule has 0 saturated carbocycles. The lowest BCUT2D eigenvalue weighted by atomic mass is 9.80. The molecule has 1 nitrogen and oxygen atoms in total. The van der Waals surface area contributed by atoms with Crippen molar-refractivity contribution >= 4 is 0 Å². The molecule has 0 amide bonds. The minimum atomic E-state index is 0.148. The Balaban J connectivity index is 3.25. The third-order valence-electron chi connectivity index (χ3n) is 3.55. The van der Waals surface area contributed by atoms with Crippen molar-refractivity contribution in [1.29, 1.82) is 0 Å². The van der Waals surface area contributed by atoms with Crippen molar-refractivity contribution in [3.63, 3.8) is 0 Å². The Hall–Kier alpha value is -0.980. The monoisotopic (exact) mass is 262 g/mol. The molecule has 108 valence electrons. The van der Waals surface area contributed by atoms with Gasteiger partial charge in [-0.15, -0.1) is 0 Å². The predicted molar refractivity (Wildman–Crippen MR) is 84.2 cm³/mol. The molecule has 0 aromatic heterocycles. The Morgan fingerprint density at radius 1 is 0.895 bits per heavy atom. The summed E-state index contributed by atoms with van der Waals surface area (Å²) in [5, 5.41) is 0. The van der Waals surface area contributed by atoms with Crippen molar-refractivity contribution in [2.75, 3.05) is 0 Å². The van der Waals surface area contributed by atoms with Crippen LogP contribution in [0.2, 0.25) is 0 Å². The number of rotatable bonds is 3. The van der Waals surface area contributed by atoms with Gasteiger partial charge in [0.2, 0.25) is 0 Å². The zero-order valence-electron chi connectivity index (χ0n) is 13.9. The lowest BCUT2D eigenvalue weighted by molar-refractivity contribution is 0.216. The van der Waals surface area contributed by atoms with Crippen molar-refractivity contribution in [3.05, 3.63) is 29.3 Å². The zero-order valence-corrected chi connectivity index (χ0v) is 13.9. The highest BCUT2D eigenvalue weighted by Crippen LogP contribution is 2.33. The maximum absolute atomic E-state index is 6.04. The molecule has 19 heavy (non-hydrogen) atoms. The fourth-order valence-corrected chi connectivity index (χ4v) is 1.85. The molecule has 1 unspecified atom stereocenters. The average Bonchev–Trinajstić information content (AvgIpc) is 2.26. The van der Waals surface area contributed by atoms with Gasteiger partial charge in [0.05, 0.1) is 6.10 Å². The molecule has 1 atom stereocenters. The van der Waals surface area contributed by atoms with Crippen LogP contribution in [0.3, 0.4) is 0 Å². The average molecular weight is 262 g/mol. The summed E-state index contributed by atoms with van der Waals surface area (Å²) in [7, 11) is 0. The molecule has 0 aliphatic heterocycles. The molecule has 0 saturated heterocycles. The molecule has 1 rings (SSSR count). The molecule has 0 fully saturated rings. The Morgan fingerprint density at radius 2 is 1.32 bits per heavy atom. The summed E-state index contributed by atoms with van der Waals surface area (Å²) in [4.78, 5) is 0. The highest BCUT2D eigenvalue weighted by atomic mass is 16.5. The molecule has 1 aromatic carbocycles. The summed E-state index contributed by atoms with van der Waals surface area (Å²) in [5.74, 6) is 1.01. The molecule has 0 spiro atoms. The Kier molecular flexibility index (Phi) is 4.71. The van der Waals surface area contributed by atoms with Gasteiger partial charge in [0.15, 0.2) is 0 Å². The van der Waals surface area contributed by atoms with Gasteiger partial charge < -0.3 is 4.74 Å². The highest BCUT2D eigenvalue weighted by Gasteiger charge is 2.21. The predicted octanol–water partition coefficient (Wildman–Crippen LogP) is 5.46. The van der Waals surface area contributed by atoms with Crippen LogP contribution < -0.4 is 4.74 Å². The maximum Gasteiger partial charge on any atom is 0.120 e. The van der Waals surface area contributed by atoms with E-state index in [2.05, 4.69) is 73.6 Å². The van der Waals surface area contributed by atoms with E-state index in [-0.39, 0.29) is 16.9 Å². The van der Waals surface area contributed by atoms with Crippen molar-refractivity contribution in [2.45, 2.75) is 78.7 Å². The first-order valence-electron chi connectivity index (χ1n) is 7.36. The van der Waals surface area contributed by atoms with E-state index in [4.69, 9.17) is 4.74 Å². The van der Waals surface area contributed by atoms with Crippen LogP contribution in [-0.4, -0.2) is 6.10 Å². The van der Waals surface area contributed by atoms with E-state index in [9.17, 15) is 0 Å². The first-order valence-corrected chi connectivity index (χ1v) is 7.36. The topological polar surface area (TPSA) is 9.23 Å². The smallest absolute Gasteiger partial charge is 0.120 e. The summed E-state index contributed by atoms with van der Waals surface area (Å²) in [6, 6.07) is 6.71. The standard InChI is InChI=1S/C18H30O/c1-9-13(2)19-16-11-14(17(3,4)5)10-15(12-16)18(6,7)8/h10-13H,9H2,1-8H3. The highest BCUT2D eigenvalue weighted by molar-refractivity contribution is 5.40. The van der Waals surface area contributed by atoms with E-state index >= 15 is 0 Å². The van der Waals surface area contributed by atoms with Gasteiger partial charge in [0, 0.05) is 0 Å². The number of hydrogen-bond acceptors (Lipinski definition) is 1. The largest absolute Gasteiger partial charge is 0.491 e. The molecule has 0 aliphatic carbocycles. The molecule has 1 heteroatoms. The van der Waals surface area contributed by atoms with Crippen LogP contribution in [0.4, 0.5) is 0 Å². The lowest BCUT2D eigenvalue weighted by Gasteiger charge is -2.26. The minimum Gasteiger partial charge on any atom is -0.491 e. The van der Waals surface area contributed by atoms with E-state index < -0.39 is 0 Å². The second kappa shape index (κ2) is 5.56. The summed E-state index contributed by atoms with van der Waals surface area (Å²) in [5.41, 5.74) is 2.99. The van der Waals surface area contributed by atoms with Gasteiger partial charge >= 0.3 is 0 Å². The Labute approximate surface area is 119 Å². The first kappa shape index (κ1) is 16.1. The Morgan fingerprint density at radius 3 is 1.63 bits per heavy atom. The summed E-state index contributed by atoms with van der Waals surface area (Å²) < 4.78 is 6.04. The molecule has 0 bridgehead atoms. The van der Waals surface area contributed by atoms with Gasteiger partial charge in [0.1, 0.15) is 5.75 Å². The number of benzene rings is 1. The van der Waals surface area contributed by atoms with Crippen molar-refractivity contribution in [2.24, 2.45) is 0 Å². The fourth-order valence-electron chi connectivity index (χ4n) is 1.85. The first-order chi connectivity index (χ1) is 8.54. The van der Waals surface area contributed by atoms with Gasteiger partial charge in [-0.3, -0.25) is 0 Å². The molecule has 1 aromatic rings. The second-order valence-corrected chi connectivity index (χ2v) is 7.58. The van der Waals surface area contributed by atoms with Crippen molar-refractivity contribution in [1.82, 2.24) is 0 Å². The maximum atomic E-state index is 6.04. The second-order valence-electron chi connectivity index (χ2n) is 7.58. The minimum absolute atomic E-state index is 0.148. The van der Waals surface area contributed by atoms with Crippen LogP contribution in [-0.2, 0) is 10.8 Å². The number of ether oxygens (including phenoxy) is 1. The molecular formula is C18H30O. The van der Waals surface area contributed by atoms with Crippen LogP contribution in [0.15, 0.2) is 18.2 Å². The van der Waals surface area contributed by atoms with Gasteiger partial charge in [0.25, 0.3) is 0 Å². The fraction of sp³-hybridized carbons (Fsp3) is 0.667. The van der Waals surface area contributed by atoms with Crippen molar-refractivity contribution < 1.29 is 4.74 Å². The van der Waals surface area contributed by atoms with Crippen molar-refractivity contribution in [3.8, 4) is 5.75 Å². The SMILES string of the molecule is CCC(C)Oc1cc(C(C)(C)C)cc(C(C)(C)C)c1. The molecule has 0 radical (unpaired) electrons. The van der Waals surface area contributed by atoms with E-state index in [0.29, 0.717) is 0 Å². The molecular weight excluding hydrogens is 232 g/mol. The third-order valence-corrected chi connectivity index (χ3v) is 3.55. The van der Waals surface area contributed by atoms with Crippen LogP contribution in [0, 0.1) is 0 Å². The zero-order chi connectivity index (χ0) is 14.8.